The number of nitrogens with one attached hydrogen (secondary N) is 1. The minimum atomic E-state index is -0.164. The lowest BCUT2D eigenvalue weighted by atomic mass is 9.90. The first-order valence-electron chi connectivity index (χ1n) is 7.64. The molecular formula is C19H24FN. The first-order valence-corrected chi connectivity index (χ1v) is 7.64. The van der Waals surface area contributed by atoms with Crippen LogP contribution >= 0.6 is 0 Å². The quantitative estimate of drug-likeness (QED) is 0.799. The van der Waals surface area contributed by atoms with Crippen molar-refractivity contribution in [3.05, 3.63) is 58.9 Å². The molecule has 0 bridgehead atoms. The highest BCUT2D eigenvalue weighted by Gasteiger charge is 2.14. The van der Waals surface area contributed by atoms with E-state index in [1.165, 1.54) is 11.1 Å². The minimum absolute atomic E-state index is 0.164. The molecule has 21 heavy (non-hydrogen) atoms. The molecule has 0 spiro atoms. The molecule has 0 aromatic heterocycles. The first-order chi connectivity index (χ1) is 10.0. The molecule has 0 radical (unpaired) electrons. The van der Waals surface area contributed by atoms with E-state index in [1.807, 2.05) is 19.9 Å². The highest BCUT2D eigenvalue weighted by atomic mass is 19.1. The highest BCUT2D eigenvalue weighted by Crippen LogP contribution is 2.33. The molecule has 1 atom stereocenters. The summed E-state index contributed by atoms with van der Waals surface area (Å²) in [4.78, 5) is 0. The van der Waals surface area contributed by atoms with Crippen molar-refractivity contribution in [1.29, 1.82) is 0 Å². The Morgan fingerprint density at radius 2 is 1.71 bits per heavy atom. The maximum Gasteiger partial charge on any atom is 0.123 e. The van der Waals surface area contributed by atoms with E-state index in [-0.39, 0.29) is 11.9 Å². The maximum atomic E-state index is 13.5. The van der Waals surface area contributed by atoms with Gasteiger partial charge in [-0.2, -0.15) is 0 Å². The van der Waals surface area contributed by atoms with E-state index in [9.17, 15) is 4.39 Å². The van der Waals surface area contributed by atoms with Gasteiger partial charge in [0, 0.05) is 6.04 Å². The van der Waals surface area contributed by atoms with Crippen molar-refractivity contribution < 1.29 is 4.39 Å². The standard InChI is InChI=1S/C19H24FN/c1-5-10-21-15(4)17-8-6-7-9-18(17)19-13(2)11-16(20)12-14(19)3/h6-9,11-12,15,21H,5,10H2,1-4H3. The Labute approximate surface area is 127 Å². The zero-order chi connectivity index (χ0) is 15.4. The fourth-order valence-electron chi connectivity index (χ4n) is 2.91. The van der Waals surface area contributed by atoms with E-state index in [2.05, 4.69) is 37.4 Å². The molecule has 0 fully saturated rings. The molecule has 0 heterocycles. The maximum absolute atomic E-state index is 13.5. The number of halogens is 1. The molecule has 0 aliphatic carbocycles. The van der Waals surface area contributed by atoms with Gasteiger partial charge in [0.1, 0.15) is 5.82 Å². The van der Waals surface area contributed by atoms with Crippen LogP contribution in [0.3, 0.4) is 0 Å². The van der Waals surface area contributed by atoms with Gasteiger partial charge < -0.3 is 5.32 Å². The van der Waals surface area contributed by atoms with Crippen LogP contribution in [-0.4, -0.2) is 6.54 Å². The molecule has 0 saturated heterocycles. The van der Waals surface area contributed by atoms with Crippen molar-refractivity contribution in [3.63, 3.8) is 0 Å². The van der Waals surface area contributed by atoms with Gasteiger partial charge >= 0.3 is 0 Å². The summed E-state index contributed by atoms with van der Waals surface area (Å²) in [5, 5.41) is 3.53. The molecule has 1 nitrogen and oxygen atoms in total. The largest absolute Gasteiger partial charge is 0.310 e. The van der Waals surface area contributed by atoms with E-state index >= 15 is 0 Å². The lowest BCUT2D eigenvalue weighted by Gasteiger charge is -2.20. The zero-order valence-electron chi connectivity index (χ0n) is 13.3. The Hall–Kier alpha value is -1.67. The van der Waals surface area contributed by atoms with Gasteiger partial charge in [-0.25, -0.2) is 4.39 Å². The third-order valence-electron chi connectivity index (χ3n) is 3.89. The van der Waals surface area contributed by atoms with Crippen LogP contribution in [0.5, 0.6) is 0 Å². The van der Waals surface area contributed by atoms with Crippen LogP contribution in [0.2, 0.25) is 0 Å². The first kappa shape index (κ1) is 15.7. The number of hydrogen-bond acceptors (Lipinski definition) is 1. The summed E-state index contributed by atoms with van der Waals surface area (Å²) in [7, 11) is 0. The van der Waals surface area contributed by atoms with Gasteiger partial charge in [0.2, 0.25) is 0 Å². The highest BCUT2D eigenvalue weighted by molar-refractivity contribution is 5.74. The average Bonchev–Trinajstić information content (AvgIpc) is 2.44. The van der Waals surface area contributed by atoms with Crippen LogP contribution in [-0.2, 0) is 0 Å². The molecule has 0 amide bonds. The number of benzene rings is 2. The SMILES string of the molecule is CCCNC(C)c1ccccc1-c1c(C)cc(F)cc1C. The third-order valence-corrected chi connectivity index (χ3v) is 3.89. The van der Waals surface area contributed by atoms with Gasteiger partial charge in [-0.1, -0.05) is 31.2 Å². The van der Waals surface area contributed by atoms with Gasteiger partial charge in [0.15, 0.2) is 0 Å². The molecule has 2 heteroatoms. The van der Waals surface area contributed by atoms with Crippen molar-refractivity contribution in [3.8, 4) is 11.1 Å². The number of hydrogen-bond donors (Lipinski definition) is 1. The number of aryl methyl sites for hydroxylation is 2. The molecule has 0 aliphatic rings. The summed E-state index contributed by atoms with van der Waals surface area (Å²) < 4.78 is 13.5. The molecule has 2 rings (SSSR count). The van der Waals surface area contributed by atoms with E-state index < -0.39 is 0 Å². The lowest BCUT2D eigenvalue weighted by Crippen LogP contribution is -2.20. The van der Waals surface area contributed by atoms with Crippen molar-refractivity contribution in [2.75, 3.05) is 6.54 Å². The molecule has 0 saturated carbocycles. The molecular weight excluding hydrogens is 261 g/mol. The van der Waals surface area contributed by atoms with Gasteiger partial charge in [0.05, 0.1) is 0 Å². The van der Waals surface area contributed by atoms with Gasteiger partial charge in [-0.15, -0.1) is 0 Å². The summed E-state index contributed by atoms with van der Waals surface area (Å²) in [5.74, 6) is -0.164. The Kier molecular flexibility index (Phi) is 5.13. The Morgan fingerprint density at radius 3 is 2.33 bits per heavy atom. The van der Waals surface area contributed by atoms with Crippen molar-refractivity contribution >= 4 is 0 Å². The van der Waals surface area contributed by atoms with Crippen molar-refractivity contribution in [1.82, 2.24) is 5.32 Å². The topological polar surface area (TPSA) is 12.0 Å². The summed E-state index contributed by atoms with van der Waals surface area (Å²) in [5.41, 5.74) is 5.59. The molecule has 0 aliphatic heterocycles. The summed E-state index contributed by atoms with van der Waals surface area (Å²) in [6, 6.07) is 11.9. The smallest absolute Gasteiger partial charge is 0.123 e. The molecule has 1 N–H and O–H groups in total. The van der Waals surface area contributed by atoms with Crippen LogP contribution in [0.1, 0.15) is 43.0 Å². The van der Waals surface area contributed by atoms with E-state index in [1.54, 1.807) is 12.1 Å². The van der Waals surface area contributed by atoms with Crippen LogP contribution in [0.25, 0.3) is 11.1 Å². The Balaban J connectivity index is 2.50. The lowest BCUT2D eigenvalue weighted by molar-refractivity contribution is 0.571. The van der Waals surface area contributed by atoms with Crippen LogP contribution in [0.15, 0.2) is 36.4 Å². The summed E-state index contributed by atoms with van der Waals surface area (Å²) in [6.07, 6.45) is 1.11. The van der Waals surface area contributed by atoms with E-state index in [0.717, 1.165) is 29.7 Å². The summed E-state index contributed by atoms with van der Waals surface area (Å²) in [6.45, 7) is 9.30. The van der Waals surface area contributed by atoms with Crippen LogP contribution < -0.4 is 5.32 Å². The van der Waals surface area contributed by atoms with Crippen molar-refractivity contribution in [2.45, 2.75) is 40.2 Å². The number of rotatable bonds is 5. The predicted octanol–water partition coefficient (Wildman–Crippen LogP) is 5.17. The molecule has 1 unspecified atom stereocenters. The minimum Gasteiger partial charge on any atom is -0.310 e. The summed E-state index contributed by atoms with van der Waals surface area (Å²) >= 11 is 0. The van der Waals surface area contributed by atoms with Crippen molar-refractivity contribution in [2.24, 2.45) is 0 Å². The molecule has 112 valence electrons. The van der Waals surface area contributed by atoms with E-state index in [4.69, 9.17) is 0 Å². The Bertz CT molecular complexity index is 596. The second-order valence-electron chi connectivity index (χ2n) is 5.68. The van der Waals surface area contributed by atoms with E-state index in [0.29, 0.717) is 0 Å². The van der Waals surface area contributed by atoms with Gasteiger partial charge in [-0.05, 0) is 73.7 Å². The van der Waals surface area contributed by atoms with Crippen LogP contribution in [0, 0.1) is 19.7 Å². The molecule has 2 aromatic rings. The third kappa shape index (κ3) is 3.51. The normalized spacial score (nSPS) is 12.4. The monoisotopic (exact) mass is 285 g/mol. The second-order valence-corrected chi connectivity index (χ2v) is 5.68. The predicted molar refractivity (Wildman–Crippen MR) is 88.0 cm³/mol. The van der Waals surface area contributed by atoms with Gasteiger partial charge in [-0.3, -0.25) is 0 Å². The fraction of sp³-hybridized carbons (Fsp3) is 0.368. The average molecular weight is 285 g/mol. The second kappa shape index (κ2) is 6.86. The van der Waals surface area contributed by atoms with Gasteiger partial charge in [0.25, 0.3) is 0 Å². The Morgan fingerprint density at radius 1 is 1.10 bits per heavy atom. The van der Waals surface area contributed by atoms with Crippen LogP contribution in [0.4, 0.5) is 4.39 Å². The molecule has 2 aromatic carbocycles. The fourth-order valence-corrected chi connectivity index (χ4v) is 2.91. The zero-order valence-corrected chi connectivity index (χ0v) is 13.3.